The minimum Gasteiger partial charge on any atom is -1.00 e. The van der Waals surface area contributed by atoms with Crippen LogP contribution in [0.5, 0.6) is 0 Å². The molecule has 0 nitrogen and oxygen atoms in total. The van der Waals surface area contributed by atoms with Crippen LogP contribution in [0.3, 0.4) is 0 Å². The van der Waals surface area contributed by atoms with E-state index in [1.807, 2.05) is 0 Å². The van der Waals surface area contributed by atoms with E-state index in [1.165, 1.54) is 36.8 Å². The van der Waals surface area contributed by atoms with Gasteiger partial charge in [-0.15, -0.1) is 0 Å². The molecule has 29 heavy (non-hydrogen) atoms. The van der Waals surface area contributed by atoms with Crippen LogP contribution in [0.2, 0.25) is 8.26 Å². The summed E-state index contributed by atoms with van der Waals surface area (Å²) in [5.74, 6) is 0. The molecule has 0 aromatic heterocycles. The molecule has 3 heteroatoms. The summed E-state index contributed by atoms with van der Waals surface area (Å²) in [5.41, 5.74) is 10.0. The van der Waals surface area contributed by atoms with Gasteiger partial charge in [-0.1, -0.05) is 0 Å². The molecule has 2 atom stereocenters. The first-order chi connectivity index (χ1) is 13.3. The molecule has 0 amide bonds. The summed E-state index contributed by atoms with van der Waals surface area (Å²) >= 11 is -2.36. The van der Waals surface area contributed by atoms with Crippen molar-refractivity contribution in [3.8, 4) is 0 Å². The Hall–Kier alpha value is -0.617. The summed E-state index contributed by atoms with van der Waals surface area (Å²) in [7, 11) is 0. The largest absolute Gasteiger partial charge is 1.00 e. The maximum atomic E-state index is 2.57. The fraction of sp³-hybridized carbons (Fsp3) is 0.385. The first-order valence-electron chi connectivity index (χ1n) is 10.9. The molecule has 2 aliphatic carbocycles. The summed E-state index contributed by atoms with van der Waals surface area (Å²) in [6, 6.07) is 18.6. The van der Waals surface area contributed by atoms with Gasteiger partial charge in [-0.25, -0.2) is 0 Å². The van der Waals surface area contributed by atoms with Gasteiger partial charge in [0.05, 0.1) is 0 Å². The van der Waals surface area contributed by atoms with E-state index >= 15 is 0 Å². The molecule has 1 aliphatic heterocycles. The predicted octanol–water partition coefficient (Wildman–Crippen LogP) is 1.88. The quantitative estimate of drug-likeness (QED) is 0.564. The zero-order valence-corrected chi connectivity index (χ0v) is 21.4. The van der Waals surface area contributed by atoms with Crippen molar-refractivity contribution in [3.63, 3.8) is 0 Å². The van der Waals surface area contributed by atoms with Crippen LogP contribution in [-0.4, -0.2) is 0 Å². The molecule has 0 radical (unpaired) electrons. The van der Waals surface area contributed by atoms with Crippen molar-refractivity contribution in [1.82, 2.24) is 0 Å². The molecule has 2 unspecified atom stereocenters. The van der Waals surface area contributed by atoms with Crippen molar-refractivity contribution in [1.29, 1.82) is 0 Å². The standard InChI is InChI=1S/2C12H13.C2H4.2ClH.Zr/c2*1-2-5-10-8-11-6-3-4-7-12(11)9-10;1-2;;;/h2*3-4,6-9H,2,5H2,1H3;1-2H2;2*1H;/q;;;;;+2/p-2. The van der Waals surface area contributed by atoms with Gasteiger partial charge in [0.25, 0.3) is 0 Å². The van der Waals surface area contributed by atoms with Gasteiger partial charge in [-0.05, 0) is 0 Å². The van der Waals surface area contributed by atoms with Gasteiger partial charge in [0.15, 0.2) is 0 Å². The molecule has 2 aromatic rings. The Bertz CT molecular complexity index is 866. The fourth-order valence-corrected chi connectivity index (χ4v) is 23.7. The molecule has 152 valence electrons. The molecule has 1 fully saturated rings. The molecule has 2 aromatic carbocycles. The van der Waals surface area contributed by atoms with E-state index in [4.69, 9.17) is 0 Å². The van der Waals surface area contributed by atoms with Crippen LogP contribution < -0.4 is 24.8 Å². The van der Waals surface area contributed by atoms with Crippen molar-refractivity contribution in [2.24, 2.45) is 0 Å². The van der Waals surface area contributed by atoms with Gasteiger partial charge < -0.3 is 24.8 Å². The number of hydrogen-bond acceptors (Lipinski definition) is 0. The molecule has 3 aliphatic rings. The zero-order valence-electron chi connectivity index (χ0n) is 17.4. The Kier molecular flexibility index (Phi) is 7.36. The predicted molar refractivity (Wildman–Crippen MR) is 114 cm³/mol. The topological polar surface area (TPSA) is 0 Å². The summed E-state index contributed by atoms with van der Waals surface area (Å²) in [4.78, 5) is 0. The van der Waals surface area contributed by atoms with Gasteiger partial charge in [0, 0.05) is 0 Å². The Morgan fingerprint density at radius 2 is 1.10 bits per heavy atom. The second-order valence-electron chi connectivity index (χ2n) is 8.80. The van der Waals surface area contributed by atoms with Crippen LogP contribution in [0.4, 0.5) is 0 Å². The SMILES string of the molecule is CCCC1=Cc2ccccc2[CH]1[Zr+2]1([CH]2C(CCC)=Cc3ccccc32)[CH2][CH2]1.[Cl-].[Cl-]. The minimum atomic E-state index is -2.36. The van der Waals surface area contributed by atoms with Crippen LogP contribution in [0.25, 0.3) is 12.2 Å². The number of allylic oxidation sites excluding steroid dienone is 2. The van der Waals surface area contributed by atoms with E-state index in [0.29, 0.717) is 0 Å². The van der Waals surface area contributed by atoms with E-state index in [1.54, 1.807) is 30.5 Å². The second-order valence-corrected chi connectivity index (χ2v) is 20.2. The van der Waals surface area contributed by atoms with Crippen LogP contribution in [-0.2, 0) is 20.3 Å². The average Bonchev–Trinajstić information content (AvgIpc) is 3.23. The second kappa shape index (κ2) is 9.25. The van der Waals surface area contributed by atoms with Crippen molar-refractivity contribution >= 4 is 12.2 Å². The molecule has 5 rings (SSSR count). The third-order valence-electron chi connectivity index (χ3n) is 7.09. The van der Waals surface area contributed by atoms with E-state index < -0.39 is 20.3 Å². The normalized spacial score (nSPS) is 21.4. The van der Waals surface area contributed by atoms with Gasteiger partial charge in [-0.3, -0.25) is 0 Å². The Morgan fingerprint density at radius 1 is 0.690 bits per heavy atom. The van der Waals surface area contributed by atoms with Crippen LogP contribution in [0.15, 0.2) is 59.7 Å². The van der Waals surface area contributed by atoms with E-state index in [0.717, 1.165) is 7.25 Å². The average molecular weight is 505 g/mol. The minimum absolute atomic E-state index is 0. The first kappa shape index (κ1) is 23.1. The first-order valence-corrected chi connectivity index (χ1v) is 17.2. The van der Waals surface area contributed by atoms with Crippen molar-refractivity contribution in [2.75, 3.05) is 0 Å². The molecule has 0 saturated carbocycles. The van der Waals surface area contributed by atoms with Crippen LogP contribution in [0.1, 0.15) is 69.0 Å². The molecule has 0 spiro atoms. The Balaban J connectivity index is 0.00000120. The Morgan fingerprint density at radius 3 is 1.48 bits per heavy atom. The number of halogens is 2. The van der Waals surface area contributed by atoms with Gasteiger partial charge >= 0.3 is 169 Å². The van der Waals surface area contributed by atoms with Gasteiger partial charge in [-0.2, -0.15) is 0 Å². The van der Waals surface area contributed by atoms with E-state index in [-0.39, 0.29) is 24.8 Å². The smallest absolute Gasteiger partial charge is 1.00 e. The van der Waals surface area contributed by atoms with Crippen LogP contribution >= 0.6 is 0 Å². The fourth-order valence-electron chi connectivity index (χ4n) is 6.03. The van der Waals surface area contributed by atoms with Crippen molar-refractivity contribution in [2.45, 2.75) is 55.0 Å². The number of hydrogen-bond donors (Lipinski definition) is 0. The van der Waals surface area contributed by atoms with E-state index in [9.17, 15) is 0 Å². The molecule has 1 saturated heterocycles. The maximum absolute atomic E-state index is 2.57. The maximum Gasteiger partial charge on any atom is -1.00 e. The molecular weight excluding hydrogens is 474 g/mol. The Labute approximate surface area is 193 Å². The van der Waals surface area contributed by atoms with Crippen molar-refractivity contribution in [3.05, 3.63) is 81.9 Å². The summed E-state index contributed by atoms with van der Waals surface area (Å²) in [6.45, 7) is 4.70. The number of benzene rings is 2. The molecule has 0 N–H and O–H groups in total. The summed E-state index contributed by atoms with van der Waals surface area (Å²) < 4.78 is 4.81. The van der Waals surface area contributed by atoms with E-state index in [2.05, 4.69) is 74.5 Å². The van der Waals surface area contributed by atoms with Crippen molar-refractivity contribution < 1.29 is 45.1 Å². The third kappa shape index (κ3) is 3.77. The van der Waals surface area contributed by atoms with Crippen LogP contribution in [0, 0.1) is 0 Å². The number of fused-ring (bicyclic) bond motifs is 2. The zero-order chi connectivity index (χ0) is 18.4. The summed E-state index contributed by atoms with van der Waals surface area (Å²) in [6.07, 6.45) is 10.3. The third-order valence-corrected chi connectivity index (χ3v) is 20.2. The molecule has 0 bridgehead atoms. The number of rotatable bonds is 6. The van der Waals surface area contributed by atoms with Gasteiger partial charge in [0.1, 0.15) is 0 Å². The molecular formula is C26H30Cl2Zr. The van der Waals surface area contributed by atoms with Gasteiger partial charge in [0.2, 0.25) is 0 Å². The monoisotopic (exact) mass is 502 g/mol. The summed E-state index contributed by atoms with van der Waals surface area (Å²) in [5, 5.41) is 0. The molecule has 1 heterocycles.